The maximum Gasteiger partial charge on any atom is 0.0465 e. The van der Waals surface area contributed by atoms with Crippen molar-refractivity contribution >= 4 is 28.4 Å². The van der Waals surface area contributed by atoms with Crippen molar-refractivity contribution in [1.29, 1.82) is 0 Å². The van der Waals surface area contributed by atoms with Crippen LogP contribution in [0.4, 0.5) is 28.4 Å². The van der Waals surface area contributed by atoms with Gasteiger partial charge < -0.3 is 9.80 Å². The van der Waals surface area contributed by atoms with Crippen molar-refractivity contribution in [2.45, 2.75) is 86.5 Å². The highest BCUT2D eigenvalue weighted by atomic mass is 15.2. The molecule has 336 valence electrons. The zero-order valence-electron chi connectivity index (χ0n) is 41.4. The summed E-state index contributed by atoms with van der Waals surface area (Å²) in [4.78, 5) is 4.83. The zero-order valence-corrected chi connectivity index (χ0v) is 41.4. The molecule has 1 atom stereocenters. The molecule has 0 radical (unpaired) electrons. The number of anilines is 5. The van der Waals surface area contributed by atoms with Crippen molar-refractivity contribution in [2.24, 2.45) is 5.92 Å². The van der Waals surface area contributed by atoms with Gasteiger partial charge in [-0.3, -0.25) is 0 Å². The average Bonchev–Trinajstić information content (AvgIpc) is 3.70. The van der Waals surface area contributed by atoms with Crippen LogP contribution in [0.2, 0.25) is 0 Å². The highest BCUT2D eigenvalue weighted by Gasteiger charge is 2.38. The molecule has 2 heteroatoms. The molecule has 11 rings (SSSR count). The van der Waals surface area contributed by atoms with Crippen molar-refractivity contribution in [2.75, 3.05) is 9.80 Å². The molecule has 1 unspecified atom stereocenters. The Balaban J connectivity index is 0.903. The molecule has 3 aliphatic rings. The topological polar surface area (TPSA) is 6.48 Å². The monoisotopic (exact) mass is 882 g/mol. The molecule has 2 nitrogen and oxygen atoms in total. The van der Waals surface area contributed by atoms with E-state index in [1.165, 1.54) is 117 Å². The fourth-order valence-corrected chi connectivity index (χ4v) is 11.4. The van der Waals surface area contributed by atoms with E-state index in [2.05, 4.69) is 255 Å². The molecule has 8 aromatic carbocycles. The Morgan fingerprint density at radius 3 is 1.13 bits per heavy atom. The molecular weight excluding hydrogens is 821 g/mol. The molecule has 0 amide bonds. The summed E-state index contributed by atoms with van der Waals surface area (Å²) in [5, 5.41) is 0. The van der Waals surface area contributed by atoms with Crippen molar-refractivity contribution in [1.82, 2.24) is 0 Å². The van der Waals surface area contributed by atoms with Crippen LogP contribution in [0.15, 0.2) is 182 Å². The molecule has 0 fully saturated rings. The number of nitrogens with zero attached hydrogens (tertiary/aromatic N) is 2. The SMILES string of the molecule is Cc1ccc(N(C2=CCC(C)C=C2)c2ccc3c(c2)C(C)(C)c2cc(-c4cc(C)c(-c5ccc6c(c5)C(C)(C)c5cc(N(c7ccc(C)cc7)c7ccc(C)cc7)ccc5-6)cc4C)ccc2-3)cc1. The number of hydrogen-bond donors (Lipinski definition) is 0. The first kappa shape index (κ1) is 43.4. The van der Waals surface area contributed by atoms with E-state index in [0.717, 1.165) is 17.8 Å². The van der Waals surface area contributed by atoms with Crippen LogP contribution in [0.3, 0.4) is 0 Å². The van der Waals surface area contributed by atoms with Crippen LogP contribution in [0, 0.1) is 40.5 Å². The van der Waals surface area contributed by atoms with E-state index < -0.39 is 0 Å². The molecule has 0 saturated heterocycles. The van der Waals surface area contributed by atoms with Crippen LogP contribution in [0.1, 0.15) is 91.1 Å². The second kappa shape index (κ2) is 16.3. The van der Waals surface area contributed by atoms with E-state index in [0.29, 0.717) is 5.92 Å². The number of aryl methyl sites for hydroxylation is 5. The van der Waals surface area contributed by atoms with Crippen molar-refractivity contribution in [3.05, 3.63) is 232 Å². The lowest BCUT2D eigenvalue weighted by Crippen LogP contribution is -2.19. The number of hydrogen-bond acceptors (Lipinski definition) is 2. The van der Waals surface area contributed by atoms with Gasteiger partial charge >= 0.3 is 0 Å². The van der Waals surface area contributed by atoms with E-state index >= 15 is 0 Å². The van der Waals surface area contributed by atoms with Gasteiger partial charge in [-0.1, -0.05) is 148 Å². The minimum atomic E-state index is -0.177. The predicted octanol–water partition coefficient (Wildman–Crippen LogP) is 18.3. The van der Waals surface area contributed by atoms with Crippen LogP contribution in [-0.2, 0) is 10.8 Å². The third kappa shape index (κ3) is 7.24. The summed E-state index contributed by atoms with van der Waals surface area (Å²) in [6.07, 6.45) is 8.09. The van der Waals surface area contributed by atoms with E-state index in [-0.39, 0.29) is 10.8 Å². The second-order valence-corrected chi connectivity index (χ2v) is 21.1. The fourth-order valence-electron chi connectivity index (χ4n) is 11.4. The number of fused-ring (bicyclic) bond motifs is 6. The van der Waals surface area contributed by atoms with Crippen LogP contribution in [0.5, 0.6) is 0 Å². The summed E-state index contributed by atoms with van der Waals surface area (Å²) in [6, 6.07) is 60.1. The molecule has 3 aliphatic carbocycles. The Labute approximate surface area is 405 Å². The Morgan fingerprint density at radius 1 is 0.382 bits per heavy atom. The minimum Gasteiger partial charge on any atom is -0.311 e. The van der Waals surface area contributed by atoms with Gasteiger partial charge in [0.25, 0.3) is 0 Å². The normalized spacial score (nSPS) is 15.9. The molecule has 0 aliphatic heterocycles. The molecule has 0 aromatic heterocycles. The van der Waals surface area contributed by atoms with Crippen LogP contribution >= 0.6 is 0 Å². The molecule has 0 N–H and O–H groups in total. The summed E-state index contributed by atoms with van der Waals surface area (Å²) in [7, 11) is 0. The second-order valence-electron chi connectivity index (χ2n) is 21.1. The summed E-state index contributed by atoms with van der Waals surface area (Å²) in [5.74, 6) is 0.553. The lowest BCUT2D eigenvalue weighted by Gasteiger charge is -2.30. The minimum absolute atomic E-state index is 0.168. The number of rotatable bonds is 8. The smallest absolute Gasteiger partial charge is 0.0465 e. The van der Waals surface area contributed by atoms with Crippen LogP contribution in [-0.4, -0.2) is 0 Å². The molecule has 0 saturated carbocycles. The van der Waals surface area contributed by atoms with Gasteiger partial charge in [-0.2, -0.15) is 0 Å². The third-order valence-corrected chi connectivity index (χ3v) is 15.5. The summed E-state index contributed by atoms with van der Waals surface area (Å²) < 4.78 is 0. The lowest BCUT2D eigenvalue weighted by molar-refractivity contribution is 0.660. The van der Waals surface area contributed by atoms with Gasteiger partial charge in [-0.25, -0.2) is 0 Å². The predicted molar refractivity (Wildman–Crippen MR) is 290 cm³/mol. The average molecular weight is 883 g/mol. The van der Waals surface area contributed by atoms with Crippen molar-refractivity contribution < 1.29 is 0 Å². The van der Waals surface area contributed by atoms with Gasteiger partial charge in [0.05, 0.1) is 0 Å². The van der Waals surface area contributed by atoms with Crippen LogP contribution in [0.25, 0.3) is 44.5 Å². The molecular formula is C66H62N2. The quantitative estimate of drug-likeness (QED) is 0.150. The van der Waals surface area contributed by atoms with Gasteiger partial charge in [0.2, 0.25) is 0 Å². The maximum absolute atomic E-state index is 2.48. The zero-order chi connectivity index (χ0) is 47.2. The maximum atomic E-state index is 2.48. The summed E-state index contributed by atoms with van der Waals surface area (Å²) in [5.41, 5.74) is 29.1. The highest BCUT2D eigenvalue weighted by molar-refractivity contribution is 5.90. The Bertz CT molecular complexity index is 3310. The highest BCUT2D eigenvalue weighted by Crippen LogP contribution is 2.54. The summed E-state index contributed by atoms with van der Waals surface area (Å²) in [6.45, 7) is 22.9. The van der Waals surface area contributed by atoms with Crippen molar-refractivity contribution in [3.8, 4) is 44.5 Å². The molecule has 68 heavy (non-hydrogen) atoms. The molecule has 8 aromatic rings. The number of allylic oxidation sites excluding steroid dienone is 3. The van der Waals surface area contributed by atoms with Gasteiger partial charge in [0.15, 0.2) is 0 Å². The Morgan fingerprint density at radius 2 is 0.735 bits per heavy atom. The van der Waals surface area contributed by atoms with Gasteiger partial charge in [0.1, 0.15) is 0 Å². The summed E-state index contributed by atoms with van der Waals surface area (Å²) >= 11 is 0. The van der Waals surface area contributed by atoms with Crippen LogP contribution < -0.4 is 9.80 Å². The van der Waals surface area contributed by atoms with Gasteiger partial charge in [-0.05, 0) is 204 Å². The van der Waals surface area contributed by atoms with E-state index in [1.54, 1.807) is 0 Å². The molecule has 0 heterocycles. The Kier molecular flexibility index (Phi) is 10.4. The largest absolute Gasteiger partial charge is 0.311 e. The first-order valence-corrected chi connectivity index (χ1v) is 24.6. The molecule has 0 bridgehead atoms. The van der Waals surface area contributed by atoms with E-state index in [1.807, 2.05) is 0 Å². The van der Waals surface area contributed by atoms with E-state index in [9.17, 15) is 0 Å². The standard InChI is InChI=1S/C66H62N2/c1-41-11-21-49(22-12-41)67(50-23-13-42(2)14-24-50)53-29-33-57-55-31-19-47(37-61(55)65(7,8)63(57)39-53)59-35-46(6)60(36-45(59)5)48-20-32-56-58-34-30-54(40-64(58)66(9,10)62(56)38-48)68(51-25-15-43(3)16-26-51)52-27-17-44(4)18-28-52/h11-17,19-40,44H,18H2,1-10H3. The molecule has 0 spiro atoms. The van der Waals surface area contributed by atoms with Gasteiger partial charge in [-0.15, -0.1) is 0 Å². The lowest BCUT2D eigenvalue weighted by atomic mass is 9.80. The fraction of sp³-hybridized carbons (Fsp3) is 0.212. The third-order valence-electron chi connectivity index (χ3n) is 15.5. The Hall–Kier alpha value is -7.16. The van der Waals surface area contributed by atoms with Crippen molar-refractivity contribution in [3.63, 3.8) is 0 Å². The first-order valence-electron chi connectivity index (χ1n) is 24.6. The number of benzene rings is 8. The first-order chi connectivity index (χ1) is 32.6. The van der Waals surface area contributed by atoms with Gasteiger partial charge in [0, 0.05) is 45.0 Å². The van der Waals surface area contributed by atoms with E-state index in [4.69, 9.17) is 0 Å².